The number of nitrogens with zero attached hydrogens (tertiary/aromatic N) is 3. The minimum absolute atomic E-state index is 0.0137. The first-order valence-corrected chi connectivity index (χ1v) is 11.0. The zero-order chi connectivity index (χ0) is 20.8. The number of anilines is 1. The Hall–Kier alpha value is -2.86. The van der Waals surface area contributed by atoms with Crippen molar-refractivity contribution in [2.24, 2.45) is 0 Å². The minimum atomic E-state index is -0.0137. The molecule has 2 aliphatic heterocycles. The Kier molecular flexibility index (Phi) is 4.74. The van der Waals surface area contributed by atoms with Gasteiger partial charge in [-0.15, -0.1) is 0 Å². The van der Waals surface area contributed by atoms with Crippen molar-refractivity contribution in [1.29, 1.82) is 0 Å². The van der Waals surface area contributed by atoms with E-state index in [9.17, 15) is 9.59 Å². The summed E-state index contributed by atoms with van der Waals surface area (Å²) in [5.74, 6) is 0.133. The highest BCUT2D eigenvalue weighted by molar-refractivity contribution is 9.10. The van der Waals surface area contributed by atoms with Crippen LogP contribution in [0.5, 0.6) is 0 Å². The Balaban J connectivity index is 1.60. The van der Waals surface area contributed by atoms with E-state index in [2.05, 4.69) is 15.9 Å². The van der Waals surface area contributed by atoms with E-state index in [4.69, 9.17) is 0 Å². The van der Waals surface area contributed by atoms with E-state index in [0.717, 1.165) is 58.1 Å². The summed E-state index contributed by atoms with van der Waals surface area (Å²) in [4.78, 5) is 29.3. The molecule has 30 heavy (non-hydrogen) atoms. The number of carbonyl (C=O) groups excluding carboxylic acids is 2. The standard InChI is InChI=1S/C24H22BrN3O2/c1-26-21-7-3-2-6-18(21)20(24(26)30)12-16-14-28(15-23(29)27-10-4-5-11-27)22-9-8-17(25)13-19(16)22/h2-3,6-9,12-14H,4-5,10-11,15H2,1H3/b20-12+. The number of carbonyl (C=O) groups is 2. The van der Waals surface area contributed by atoms with Crippen LogP contribution in [0.15, 0.2) is 53.1 Å². The molecular formula is C24H22BrN3O2. The largest absolute Gasteiger partial charge is 0.341 e. The van der Waals surface area contributed by atoms with Gasteiger partial charge in [-0.05, 0) is 43.2 Å². The number of likely N-dealkylation sites (tertiary alicyclic amines) is 1. The van der Waals surface area contributed by atoms with Crippen LogP contribution in [0, 0.1) is 0 Å². The smallest absolute Gasteiger partial charge is 0.258 e. The van der Waals surface area contributed by atoms with Crippen molar-refractivity contribution < 1.29 is 9.59 Å². The van der Waals surface area contributed by atoms with Crippen molar-refractivity contribution in [2.75, 3.05) is 25.0 Å². The molecule has 5 rings (SSSR count). The van der Waals surface area contributed by atoms with Crippen molar-refractivity contribution in [1.82, 2.24) is 9.47 Å². The molecule has 5 nitrogen and oxygen atoms in total. The SMILES string of the molecule is CN1C(=O)/C(=C/c2cn(CC(=O)N3CCCC3)c3ccc(Br)cc23)c2ccccc21. The average molecular weight is 464 g/mol. The van der Waals surface area contributed by atoms with Crippen LogP contribution in [0.3, 0.4) is 0 Å². The molecule has 0 bridgehead atoms. The van der Waals surface area contributed by atoms with Crippen LogP contribution in [0.4, 0.5) is 5.69 Å². The van der Waals surface area contributed by atoms with Gasteiger partial charge < -0.3 is 14.4 Å². The van der Waals surface area contributed by atoms with Gasteiger partial charge in [-0.2, -0.15) is 0 Å². The number of rotatable bonds is 3. The second kappa shape index (κ2) is 7.43. The second-order valence-corrected chi connectivity index (χ2v) is 8.82. The first-order valence-electron chi connectivity index (χ1n) is 10.2. The molecule has 0 N–H and O–H groups in total. The molecule has 0 saturated carbocycles. The van der Waals surface area contributed by atoms with E-state index >= 15 is 0 Å². The number of halogens is 1. The lowest BCUT2D eigenvalue weighted by Gasteiger charge is -2.16. The lowest BCUT2D eigenvalue weighted by atomic mass is 10.0. The monoisotopic (exact) mass is 463 g/mol. The van der Waals surface area contributed by atoms with Crippen molar-refractivity contribution in [2.45, 2.75) is 19.4 Å². The predicted molar refractivity (Wildman–Crippen MR) is 123 cm³/mol. The van der Waals surface area contributed by atoms with E-state index in [1.807, 2.05) is 64.2 Å². The van der Waals surface area contributed by atoms with Gasteiger partial charge in [0.25, 0.3) is 5.91 Å². The van der Waals surface area contributed by atoms with E-state index < -0.39 is 0 Å². The van der Waals surface area contributed by atoms with Crippen LogP contribution < -0.4 is 4.90 Å². The number of hydrogen-bond acceptors (Lipinski definition) is 2. The second-order valence-electron chi connectivity index (χ2n) is 7.90. The van der Waals surface area contributed by atoms with Crippen molar-refractivity contribution in [3.05, 3.63) is 64.3 Å². The molecule has 0 aliphatic carbocycles. The number of fused-ring (bicyclic) bond motifs is 2. The number of benzene rings is 2. The highest BCUT2D eigenvalue weighted by atomic mass is 79.9. The quantitative estimate of drug-likeness (QED) is 0.535. The van der Waals surface area contributed by atoms with Crippen LogP contribution in [-0.4, -0.2) is 41.4 Å². The van der Waals surface area contributed by atoms with Gasteiger partial charge in [0, 0.05) is 58.4 Å². The Morgan fingerprint density at radius 2 is 1.90 bits per heavy atom. The highest BCUT2D eigenvalue weighted by Gasteiger charge is 2.29. The third-order valence-corrected chi connectivity index (χ3v) is 6.52. The van der Waals surface area contributed by atoms with Gasteiger partial charge in [0.15, 0.2) is 0 Å². The Bertz CT molecular complexity index is 1200. The van der Waals surface area contributed by atoms with Crippen LogP contribution in [-0.2, 0) is 16.1 Å². The number of para-hydroxylation sites is 1. The molecule has 1 saturated heterocycles. The van der Waals surface area contributed by atoms with Crippen molar-refractivity contribution >= 4 is 56.0 Å². The highest BCUT2D eigenvalue weighted by Crippen LogP contribution is 2.38. The van der Waals surface area contributed by atoms with E-state index in [0.29, 0.717) is 12.1 Å². The summed E-state index contributed by atoms with van der Waals surface area (Å²) < 4.78 is 2.97. The van der Waals surface area contributed by atoms with E-state index in [-0.39, 0.29) is 11.8 Å². The number of likely N-dealkylation sites (N-methyl/N-ethyl adjacent to an activating group) is 1. The fourth-order valence-corrected chi connectivity index (χ4v) is 4.81. The summed E-state index contributed by atoms with van der Waals surface area (Å²) in [6, 6.07) is 13.9. The Labute approximate surface area is 183 Å². The summed E-state index contributed by atoms with van der Waals surface area (Å²) in [6.45, 7) is 2.00. The molecule has 3 aromatic rings. The van der Waals surface area contributed by atoms with Gasteiger partial charge in [-0.1, -0.05) is 34.1 Å². The van der Waals surface area contributed by atoms with E-state index in [1.54, 1.807) is 11.9 Å². The van der Waals surface area contributed by atoms with E-state index in [1.165, 1.54) is 0 Å². The van der Waals surface area contributed by atoms with Gasteiger partial charge in [0.05, 0.1) is 5.69 Å². The van der Waals surface area contributed by atoms with Gasteiger partial charge in [0.2, 0.25) is 5.91 Å². The molecule has 0 unspecified atom stereocenters. The molecular weight excluding hydrogens is 442 g/mol. The van der Waals surface area contributed by atoms with Crippen LogP contribution in [0.25, 0.3) is 22.6 Å². The summed E-state index contributed by atoms with van der Waals surface area (Å²) in [5.41, 5.74) is 4.47. The fourth-order valence-electron chi connectivity index (χ4n) is 4.45. The normalized spacial score (nSPS) is 17.4. The van der Waals surface area contributed by atoms with Crippen molar-refractivity contribution in [3.8, 4) is 0 Å². The summed E-state index contributed by atoms with van der Waals surface area (Å²) in [7, 11) is 1.80. The van der Waals surface area contributed by atoms with Gasteiger partial charge in [-0.25, -0.2) is 0 Å². The summed E-state index contributed by atoms with van der Waals surface area (Å²) in [5, 5.41) is 1.02. The summed E-state index contributed by atoms with van der Waals surface area (Å²) >= 11 is 3.56. The molecule has 0 atom stereocenters. The minimum Gasteiger partial charge on any atom is -0.341 e. The van der Waals surface area contributed by atoms with Gasteiger partial charge >= 0.3 is 0 Å². The maximum atomic E-state index is 12.9. The molecule has 2 aromatic carbocycles. The molecule has 2 amide bonds. The molecule has 2 aliphatic rings. The third-order valence-electron chi connectivity index (χ3n) is 6.03. The number of hydrogen-bond donors (Lipinski definition) is 0. The average Bonchev–Trinajstić information content (AvgIpc) is 3.44. The third kappa shape index (κ3) is 3.16. The molecule has 6 heteroatoms. The number of aromatic nitrogens is 1. The molecule has 0 spiro atoms. The fraction of sp³-hybridized carbons (Fsp3) is 0.250. The topological polar surface area (TPSA) is 45.6 Å². The lowest BCUT2D eigenvalue weighted by Crippen LogP contribution is -2.30. The zero-order valence-corrected chi connectivity index (χ0v) is 18.4. The first-order chi connectivity index (χ1) is 14.5. The van der Waals surface area contributed by atoms with Gasteiger partial charge in [0.1, 0.15) is 6.54 Å². The molecule has 152 valence electrons. The lowest BCUT2D eigenvalue weighted by molar-refractivity contribution is -0.130. The van der Waals surface area contributed by atoms with Crippen LogP contribution >= 0.6 is 15.9 Å². The Morgan fingerprint density at radius 3 is 2.70 bits per heavy atom. The van der Waals surface area contributed by atoms with Crippen LogP contribution in [0.1, 0.15) is 24.0 Å². The Morgan fingerprint density at radius 1 is 1.13 bits per heavy atom. The van der Waals surface area contributed by atoms with Gasteiger partial charge in [-0.3, -0.25) is 9.59 Å². The molecule has 3 heterocycles. The molecule has 1 aromatic heterocycles. The first kappa shape index (κ1) is 19.1. The number of amides is 2. The maximum absolute atomic E-state index is 12.9. The predicted octanol–water partition coefficient (Wildman–Crippen LogP) is 4.54. The maximum Gasteiger partial charge on any atom is 0.258 e. The summed E-state index contributed by atoms with van der Waals surface area (Å²) in [6.07, 6.45) is 6.11. The molecule has 1 fully saturated rings. The molecule has 0 radical (unpaired) electrons. The zero-order valence-electron chi connectivity index (χ0n) is 16.8. The van der Waals surface area contributed by atoms with Crippen molar-refractivity contribution in [3.63, 3.8) is 0 Å². The van der Waals surface area contributed by atoms with Crippen LogP contribution in [0.2, 0.25) is 0 Å².